The molecule has 0 saturated heterocycles. The summed E-state index contributed by atoms with van der Waals surface area (Å²) in [7, 11) is 0. The van der Waals surface area contributed by atoms with E-state index < -0.39 is 0 Å². The molecular weight excluding hydrogens is 395 g/mol. The van der Waals surface area contributed by atoms with Crippen LogP contribution in [-0.4, -0.2) is 42.6 Å². The molecule has 0 aliphatic carbocycles. The van der Waals surface area contributed by atoms with Gasteiger partial charge in [0.25, 0.3) is 0 Å². The summed E-state index contributed by atoms with van der Waals surface area (Å²) >= 11 is 3.04. The van der Waals surface area contributed by atoms with Crippen molar-refractivity contribution in [3.8, 4) is 0 Å². The molecule has 0 amide bonds. The second-order valence-corrected chi connectivity index (χ2v) is 5.31. The first-order valence-electron chi connectivity index (χ1n) is 4.36. The number of hydrogen-bond donors (Lipinski definition) is 0. The Morgan fingerprint density at radius 2 is 2.50 bits per heavy atom. The number of aromatic nitrogens is 1. The average molecular weight is 407 g/mol. The van der Waals surface area contributed by atoms with Crippen LogP contribution in [0.1, 0.15) is 17.0 Å². The van der Waals surface area contributed by atoms with Gasteiger partial charge in [-0.2, -0.15) is 0 Å². The van der Waals surface area contributed by atoms with Crippen LogP contribution >= 0.6 is 11.3 Å². The molecule has 0 aromatic carbocycles. The van der Waals surface area contributed by atoms with E-state index in [0.29, 0.717) is 13.0 Å². The number of ether oxygens (including phenoxy) is 1. The summed E-state index contributed by atoms with van der Waals surface area (Å²) < 4.78 is 5.99. The van der Waals surface area contributed by atoms with Gasteiger partial charge in [-0.15, -0.1) is 0 Å². The molecule has 14 heavy (non-hydrogen) atoms. The van der Waals surface area contributed by atoms with Gasteiger partial charge in [-0.05, 0) is 0 Å². The fourth-order valence-corrected chi connectivity index (χ4v) is 2.39. The van der Waals surface area contributed by atoms with Crippen LogP contribution in [0, 0.1) is 6.92 Å². The number of nitrogens with zero attached hydrogens (tertiary/aromatic N) is 1. The van der Waals surface area contributed by atoms with Crippen LogP contribution in [0.2, 0.25) is 4.08 Å². The third-order valence-electron chi connectivity index (χ3n) is 1.74. The first-order valence-corrected chi connectivity index (χ1v) is 7.49. The summed E-state index contributed by atoms with van der Waals surface area (Å²) in [4.78, 5) is 16.4. The molecule has 0 N–H and O–H groups in total. The molecule has 0 fully saturated rings. The van der Waals surface area contributed by atoms with E-state index in [9.17, 15) is 4.79 Å². The predicted octanol–water partition coefficient (Wildman–Crippen LogP) is 1.51. The summed E-state index contributed by atoms with van der Waals surface area (Å²) in [5, 5.41) is 0. The van der Waals surface area contributed by atoms with Crippen LogP contribution in [0.4, 0.5) is 0 Å². The molecule has 0 saturated carbocycles. The Kier molecular flexibility index (Phi) is 5.58. The van der Waals surface area contributed by atoms with Crippen LogP contribution in [0.25, 0.3) is 0 Å². The molecule has 1 rings (SSSR count). The van der Waals surface area contributed by atoms with Crippen molar-refractivity contribution in [3.05, 3.63) is 16.1 Å². The Labute approximate surface area is 103 Å². The first-order chi connectivity index (χ1) is 6.74. The zero-order chi connectivity index (χ0) is 10.4. The van der Waals surface area contributed by atoms with Crippen molar-refractivity contribution in [1.29, 1.82) is 0 Å². The Balaban J connectivity index is 2.22. The monoisotopic (exact) mass is 407 g/mol. The van der Waals surface area contributed by atoms with E-state index in [1.165, 1.54) is 29.9 Å². The van der Waals surface area contributed by atoms with E-state index >= 15 is 0 Å². The van der Waals surface area contributed by atoms with E-state index in [1.54, 1.807) is 11.3 Å². The number of hydrogen-bond acceptors (Lipinski definition) is 4. The van der Waals surface area contributed by atoms with Crippen molar-refractivity contribution < 1.29 is 9.53 Å². The molecule has 3 nitrogen and oxygen atoms in total. The van der Waals surface area contributed by atoms with Gasteiger partial charge in [-0.1, -0.05) is 0 Å². The number of esters is 1. The van der Waals surface area contributed by atoms with E-state index in [2.05, 4.69) is 4.98 Å². The van der Waals surface area contributed by atoms with Gasteiger partial charge in [0.2, 0.25) is 0 Å². The van der Waals surface area contributed by atoms with Gasteiger partial charge >= 0.3 is 103 Å². The summed E-state index contributed by atoms with van der Waals surface area (Å²) in [6.45, 7) is 2.46. The molecule has 0 aliphatic rings. The Bertz CT molecular complexity index is 301. The Hall–Kier alpha value is -0.00390. The van der Waals surface area contributed by atoms with Crippen LogP contribution in [0.5, 0.6) is 0 Å². The normalized spacial score (nSPS) is 10.1. The van der Waals surface area contributed by atoms with Gasteiger partial charge in [0.05, 0.1) is 0 Å². The molecule has 0 spiro atoms. The molecule has 0 bridgehead atoms. The van der Waals surface area contributed by atoms with Crippen molar-refractivity contribution in [1.82, 2.24) is 4.98 Å². The maximum atomic E-state index is 11.0. The second-order valence-electron chi connectivity index (χ2n) is 2.79. The molecule has 0 atom stereocenters. The van der Waals surface area contributed by atoms with Crippen LogP contribution in [0.15, 0.2) is 5.51 Å². The van der Waals surface area contributed by atoms with E-state index in [4.69, 9.17) is 4.74 Å². The molecule has 5 heteroatoms. The average Bonchev–Trinajstić information content (AvgIpc) is 2.52. The molecular formula is C9H12NO2PoS. The first kappa shape index (κ1) is 12.1. The minimum atomic E-state index is -0.0813. The van der Waals surface area contributed by atoms with Crippen LogP contribution in [-0.2, 0) is 16.0 Å². The topological polar surface area (TPSA) is 39.2 Å². The van der Waals surface area contributed by atoms with Crippen molar-refractivity contribution in [3.63, 3.8) is 0 Å². The van der Waals surface area contributed by atoms with Crippen molar-refractivity contribution in [2.24, 2.45) is 0 Å². The number of aryl methyl sites for hydroxylation is 1. The molecule has 77 valence electrons. The van der Waals surface area contributed by atoms with Crippen molar-refractivity contribution in [2.75, 3.05) is 6.61 Å². The fraction of sp³-hybridized carbons (Fsp3) is 0.556. The summed E-state index contributed by atoms with van der Waals surface area (Å²) in [5.41, 5.74) is 2.87. The minimum absolute atomic E-state index is 0.0813. The standard InChI is InChI=1S/C9H12NO2S.Po/c1-3-9(11)12-5-4-8-7(2)10-6-13-8;/h6H,1,3-5H2,2H3;. The van der Waals surface area contributed by atoms with Gasteiger partial charge in [0.15, 0.2) is 0 Å². The Morgan fingerprint density at radius 1 is 1.71 bits per heavy atom. The third kappa shape index (κ3) is 4.02. The molecule has 1 heterocycles. The van der Waals surface area contributed by atoms with Gasteiger partial charge in [0.1, 0.15) is 0 Å². The summed E-state index contributed by atoms with van der Waals surface area (Å²) in [6.07, 6.45) is 1.34. The van der Waals surface area contributed by atoms with Gasteiger partial charge in [-0.3, -0.25) is 0 Å². The van der Waals surface area contributed by atoms with Crippen LogP contribution < -0.4 is 0 Å². The molecule has 0 aliphatic heterocycles. The zero-order valence-electron chi connectivity index (χ0n) is 7.99. The zero-order valence-corrected chi connectivity index (χ0v) is 12.0. The number of carbonyl (C=O) groups is 1. The van der Waals surface area contributed by atoms with Gasteiger partial charge in [-0.25, -0.2) is 0 Å². The summed E-state index contributed by atoms with van der Waals surface area (Å²) in [5.74, 6) is -0.0813. The van der Waals surface area contributed by atoms with Crippen molar-refractivity contribution >= 4 is 42.4 Å². The van der Waals surface area contributed by atoms with E-state index in [1.807, 2.05) is 12.4 Å². The number of thiazole rings is 1. The van der Waals surface area contributed by atoms with Crippen LogP contribution in [0.3, 0.4) is 0 Å². The number of rotatable bonds is 5. The molecule has 1 aromatic heterocycles. The SMILES string of the molecule is Cc1ncsc1CCOC(=O)C[CH2][Po]. The maximum absolute atomic E-state index is 11.0. The predicted molar refractivity (Wildman–Crippen MR) is 56.7 cm³/mol. The van der Waals surface area contributed by atoms with Crippen molar-refractivity contribution in [2.45, 2.75) is 23.8 Å². The van der Waals surface area contributed by atoms with E-state index in [0.717, 1.165) is 16.2 Å². The molecule has 1 radical (unpaired) electrons. The quantitative estimate of drug-likeness (QED) is 0.695. The fourth-order valence-electron chi connectivity index (χ4n) is 0.979. The molecule has 0 unspecified atom stereocenters. The van der Waals surface area contributed by atoms with E-state index in [-0.39, 0.29) is 5.97 Å². The second kappa shape index (κ2) is 6.47. The summed E-state index contributed by atoms with van der Waals surface area (Å²) in [6, 6.07) is 0. The Morgan fingerprint density at radius 3 is 3.07 bits per heavy atom. The molecule has 1 aromatic rings. The number of carbonyl (C=O) groups excluding carboxylic acids is 1. The van der Waals surface area contributed by atoms with Gasteiger partial charge < -0.3 is 0 Å². The van der Waals surface area contributed by atoms with Gasteiger partial charge in [0, 0.05) is 0 Å². The third-order valence-corrected chi connectivity index (χ3v) is 3.53.